The van der Waals surface area contributed by atoms with E-state index in [0.717, 1.165) is 81.9 Å². The van der Waals surface area contributed by atoms with Crippen molar-refractivity contribution in [1.29, 1.82) is 0 Å². The second-order valence-corrected chi connectivity index (χ2v) is 9.17. The van der Waals surface area contributed by atoms with Gasteiger partial charge < -0.3 is 9.88 Å². The molecule has 1 N–H and O–H groups in total. The third kappa shape index (κ3) is 3.80. The number of amides is 1. The van der Waals surface area contributed by atoms with E-state index in [9.17, 15) is 4.79 Å². The van der Waals surface area contributed by atoms with Crippen LogP contribution in [0.1, 0.15) is 66.4 Å². The molecule has 7 nitrogen and oxygen atoms in total. The SMILES string of the molecule is Cc1cccc(CN2CCC3(CCc4nnc(C(=O)NC5CCC5)n4C3)CC2)n1. The van der Waals surface area contributed by atoms with Crippen molar-refractivity contribution in [2.75, 3.05) is 13.1 Å². The minimum atomic E-state index is -0.0477. The van der Waals surface area contributed by atoms with E-state index in [1.165, 1.54) is 6.42 Å². The normalized spacial score (nSPS) is 21.6. The quantitative estimate of drug-likeness (QED) is 0.862. The Bertz CT molecular complexity index is 894. The maximum absolute atomic E-state index is 12.7. The van der Waals surface area contributed by atoms with Gasteiger partial charge in [0.2, 0.25) is 5.82 Å². The molecule has 29 heavy (non-hydrogen) atoms. The monoisotopic (exact) mass is 394 g/mol. The number of piperidine rings is 1. The summed E-state index contributed by atoms with van der Waals surface area (Å²) in [4.78, 5) is 19.9. The fourth-order valence-electron chi connectivity index (χ4n) is 4.96. The Labute approximate surface area is 171 Å². The van der Waals surface area contributed by atoms with E-state index in [0.29, 0.717) is 11.9 Å². The second kappa shape index (κ2) is 7.52. The summed E-state index contributed by atoms with van der Waals surface area (Å²) in [6, 6.07) is 6.58. The Kier molecular flexibility index (Phi) is 4.86. The van der Waals surface area contributed by atoms with Gasteiger partial charge in [-0.2, -0.15) is 0 Å². The first kappa shape index (κ1) is 18.7. The predicted octanol–water partition coefficient (Wildman–Crippen LogP) is 2.49. The molecule has 1 amide bonds. The lowest BCUT2D eigenvalue weighted by Crippen LogP contribution is -2.45. The van der Waals surface area contributed by atoms with Crippen LogP contribution >= 0.6 is 0 Å². The van der Waals surface area contributed by atoms with Gasteiger partial charge in [0.15, 0.2) is 0 Å². The third-order valence-corrected chi connectivity index (χ3v) is 7.09. The largest absolute Gasteiger partial charge is 0.347 e. The lowest BCUT2D eigenvalue weighted by Gasteiger charge is -2.44. The van der Waals surface area contributed by atoms with Crippen LogP contribution in [0, 0.1) is 12.3 Å². The van der Waals surface area contributed by atoms with Crippen molar-refractivity contribution < 1.29 is 4.79 Å². The van der Waals surface area contributed by atoms with Crippen LogP contribution in [0.5, 0.6) is 0 Å². The molecule has 3 aliphatic rings. The van der Waals surface area contributed by atoms with Crippen molar-refractivity contribution in [3.05, 3.63) is 41.2 Å². The molecule has 0 atom stereocenters. The van der Waals surface area contributed by atoms with E-state index in [-0.39, 0.29) is 11.3 Å². The third-order valence-electron chi connectivity index (χ3n) is 7.09. The first-order chi connectivity index (χ1) is 14.1. The number of aromatic nitrogens is 4. The Morgan fingerprint density at radius 1 is 1.21 bits per heavy atom. The molecule has 2 aromatic heterocycles. The number of fused-ring (bicyclic) bond motifs is 1. The van der Waals surface area contributed by atoms with Crippen LogP contribution in [-0.4, -0.2) is 49.7 Å². The Morgan fingerprint density at radius 2 is 2.03 bits per heavy atom. The zero-order chi connectivity index (χ0) is 19.8. The van der Waals surface area contributed by atoms with Crippen LogP contribution < -0.4 is 5.32 Å². The number of likely N-dealkylation sites (tertiary alicyclic amines) is 1. The topological polar surface area (TPSA) is 75.9 Å². The summed E-state index contributed by atoms with van der Waals surface area (Å²) in [5.74, 6) is 1.44. The molecular weight excluding hydrogens is 364 g/mol. The van der Waals surface area contributed by atoms with E-state index in [1.54, 1.807) is 0 Å². The minimum absolute atomic E-state index is 0.0477. The molecule has 1 saturated carbocycles. The standard InChI is InChI=1S/C22H30N6O/c1-16-4-2-7-18(23-16)14-27-12-10-22(11-13-27)9-8-19-25-26-20(28(19)15-22)21(29)24-17-5-3-6-17/h2,4,7,17H,3,5-6,8-15H2,1H3,(H,24,29). The maximum Gasteiger partial charge on any atom is 0.289 e. The van der Waals surface area contributed by atoms with Crippen LogP contribution in [0.15, 0.2) is 18.2 Å². The van der Waals surface area contributed by atoms with Gasteiger partial charge in [0, 0.05) is 31.2 Å². The Hall–Kier alpha value is -2.28. The highest BCUT2D eigenvalue weighted by molar-refractivity contribution is 5.91. The predicted molar refractivity (Wildman–Crippen MR) is 109 cm³/mol. The van der Waals surface area contributed by atoms with Crippen LogP contribution in [-0.2, 0) is 19.5 Å². The number of nitrogens with zero attached hydrogens (tertiary/aromatic N) is 5. The van der Waals surface area contributed by atoms with Gasteiger partial charge in [-0.05, 0) is 76.1 Å². The minimum Gasteiger partial charge on any atom is -0.347 e. The van der Waals surface area contributed by atoms with Crippen molar-refractivity contribution >= 4 is 5.91 Å². The van der Waals surface area contributed by atoms with E-state index < -0.39 is 0 Å². The summed E-state index contributed by atoms with van der Waals surface area (Å²) in [5.41, 5.74) is 2.49. The number of nitrogens with one attached hydrogen (secondary N) is 1. The van der Waals surface area contributed by atoms with Gasteiger partial charge in [0.05, 0.1) is 5.69 Å². The average molecular weight is 395 g/mol. The highest BCUT2D eigenvalue weighted by Crippen LogP contribution is 2.41. The lowest BCUT2D eigenvalue weighted by molar-refractivity contribution is 0.0609. The molecule has 2 aliphatic heterocycles. The van der Waals surface area contributed by atoms with E-state index in [4.69, 9.17) is 0 Å². The maximum atomic E-state index is 12.7. The summed E-state index contributed by atoms with van der Waals surface area (Å²) in [6.45, 7) is 6.00. The van der Waals surface area contributed by atoms with E-state index >= 15 is 0 Å². The van der Waals surface area contributed by atoms with Gasteiger partial charge >= 0.3 is 0 Å². The second-order valence-electron chi connectivity index (χ2n) is 9.17. The molecule has 0 bridgehead atoms. The molecule has 2 aromatic rings. The molecule has 0 radical (unpaired) electrons. The number of carbonyl (C=O) groups is 1. The molecule has 1 aliphatic carbocycles. The van der Waals surface area contributed by atoms with Gasteiger partial charge in [-0.15, -0.1) is 10.2 Å². The summed E-state index contributed by atoms with van der Waals surface area (Å²) in [5, 5.41) is 11.7. The molecule has 5 rings (SSSR count). The number of pyridine rings is 1. The molecule has 1 saturated heterocycles. The van der Waals surface area contributed by atoms with Crippen molar-refractivity contribution in [1.82, 2.24) is 30.0 Å². The molecular formula is C22H30N6O. The summed E-state index contributed by atoms with van der Waals surface area (Å²) in [7, 11) is 0. The summed E-state index contributed by atoms with van der Waals surface area (Å²) >= 11 is 0. The van der Waals surface area contributed by atoms with Crippen LogP contribution in [0.3, 0.4) is 0 Å². The highest BCUT2D eigenvalue weighted by atomic mass is 16.2. The van der Waals surface area contributed by atoms with Gasteiger partial charge in [0.25, 0.3) is 5.91 Å². The fourth-order valence-corrected chi connectivity index (χ4v) is 4.96. The first-order valence-electron chi connectivity index (χ1n) is 11.0. The average Bonchev–Trinajstić information content (AvgIpc) is 3.10. The van der Waals surface area contributed by atoms with E-state index in [1.807, 2.05) is 13.0 Å². The smallest absolute Gasteiger partial charge is 0.289 e. The Balaban J connectivity index is 1.24. The van der Waals surface area contributed by atoms with Gasteiger partial charge in [0.1, 0.15) is 5.82 Å². The van der Waals surface area contributed by atoms with Crippen LogP contribution in [0.4, 0.5) is 0 Å². The number of aryl methyl sites for hydroxylation is 2. The van der Waals surface area contributed by atoms with Crippen molar-refractivity contribution in [3.8, 4) is 0 Å². The van der Waals surface area contributed by atoms with Gasteiger partial charge in [-0.25, -0.2) is 0 Å². The lowest BCUT2D eigenvalue weighted by atomic mass is 9.73. The number of hydrogen-bond acceptors (Lipinski definition) is 5. The zero-order valence-electron chi connectivity index (χ0n) is 17.2. The van der Waals surface area contributed by atoms with Crippen molar-refractivity contribution in [2.45, 2.75) is 71.0 Å². The molecule has 154 valence electrons. The molecule has 4 heterocycles. The Morgan fingerprint density at radius 3 is 2.76 bits per heavy atom. The molecule has 2 fully saturated rings. The molecule has 1 spiro atoms. The number of rotatable bonds is 4. The highest BCUT2D eigenvalue weighted by Gasteiger charge is 2.40. The summed E-state index contributed by atoms with van der Waals surface area (Å²) in [6.07, 6.45) is 7.75. The number of carbonyl (C=O) groups excluding carboxylic acids is 1. The van der Waals surface area contributed by atoms with Crippen molar-refractivity contribution in [3.63, 3.8) is 0 Å². The number of hydrogen-bond donors (Lipinski definition) is 1. The zero-order valence-corrected chi connectivity index (χ0v) is 17.2. The fraction of sp³-hybridized carbons (Fsp3) is 0.636. The molecule has 0 aromatic carbocycles. The van der Waals surface area contributed by atoms with Crippen molar-refractivity contribution in [2.24, 2.45) is 5.41 Å². The molecule has 0 unspecified atom stereocenters. The first-order valence-corrected chi connectivity index (χ1v) is 11.0. The van der Waals surface area contributed by atoms with E-state index in [2.05, 4.69) is 42.1 Å². The summed E-state index contributed by atoms with van der Waals surface area (Å²) < 4.78 is 2.11. The van der Waals surface area contributed by atoms with Crippen LogP contribution in [0.25, 0.3) is 0 Å². The van der Waals surface area contributed by atoms with Gasteiger partial charge in [-0.1, -0.05) is 6.07 Å². The molecule has 7 heteroatoms. The van der Waals surface area contributed by atoms with Crippen LogP contribution in [0.2, 0.25) is 0 Å². The van der Waals surface area contributed by atoms with Gasteiger partial charge in [-0.3, -0.25) is 14.7 Å².